The molecule has 3 fully saturated rings. The van der Waals surface area contributed by atoms with E-state index in [4.69, 9.17) is 0 Å². The van der Waals surface area contributed by atoms with Gasteiger partial charge in [0.1, 0.15) is 0 Å². The number of tetrazole rings is 1. The molecular formula is C13H19N5OS. The first kappa shape index (κ1) is 12.6. The molecule has 4 rings (SSSR count). The molecule has 2 saturated carbocycles. The molecule has 1 spiro atoms. The van der Waals surface area contributed by atoms with Crippen molar-refractivity contribution in [2.45, 2.75) is 38.1 Å². The van der Waals surface area contributed by atoms with Crippen LogP contribution in [-0.4, -0.2) is 55.5 Å². The van der Waals surface area contributed by atoms with Crippen molar-refractivity contribution in [1.82, 2.24) is 25.5 Å². The van der Waals surface area contributed by atoms with E-state index in [1.54, 1.807) is 0 Å². The van der Waals surface area contributed by atoms with Crippen molar-refractivity contribution in [3.8, 4) is 0 Å². The highest BCUT2D eigenvalue weighted by Gasteiger charge is 2.52. The van der Waals surface area contributed by atoms with Crippen LogP contribution in [0.2, 0.25) is 0 Å². The zero-order valence-electron chi connectivity index (χ0n) is 11.4. The molecule has 1 N–H and O–H groups in total. The van der Waals surface area contributed by atoms with Crippen LogP contribution >= 0.6 is 11.8 Å². The maximum Gasteiger partial charge on any atom is 0.225 e. The summed E-state index contributed by atoms with van der Waals surface area (Å²) in [7, 11) is 0. The molecule has 0 unspecified atom stereocenters. The van der Waals surface area contributed by atoms with E-state index in [9.17, 15) is 4.79 Å². The van der Waals surface area contributed by atoms with Crippen LogP contribution in [0.4, 0.5) is 0 Å². The SMILES string of the molecule is O=C(C1CC2(CSC2)C1)N(CCc1nn[nH]n1)C1CC1. The molecule has 3 aliphatic rings. The smallest absolute Gasteiger partial charge is 0.225 e. The van der Waals surface area contributed by atoms with E-state index in [0.29, 0.717) is 29.6 Å². The van der Waals surface area contributed by atoms with Crippen LogP contribution in [0.5, 0.6) is 0 Å². The Morgan fingerprint density at radius 2 is 2.20 bits per heavy atom. The molecule has 0 radical (unpaired) electrons. The summed E-state index contributed by atoms with van der Waals surface area (Å²) >= 11 is 2.02. The second kappa shape index (κ2) is 4.72. The number of amides is 1. The Labute approximate surface area is 122 Å². The number of hydrogen-bond acceptors (Lipinski definition) is 5. The molecule has 0 bridgehead atoms. The normalized spacial score (nSPS) is 24.2. The summed E-state index contributed by atoms with van der Waals surface area (Å²) in [6.07, 6.45) is 5.25. The summed E-state index contributed by atoms with van der Waals surface area (Å²) in [4.78, 5) is 14.7. The molecule has 1 aromatic heterocycles. The van der Waals surface area contributed by atoms with E-state index in [1.807, 2.05) is 11.8 Å². The minimum Gasteiger partial charge on any atom is -0.339 e. The molecule has 0 aromatic carbocycles. The van der Waals surface area contributed by atoms with Crippen LogP contribution in [-0.2, 0) is 11.2 Å². The molecule has 1 saturated heterocycles. The van der Waals surface area contributed by atoms with Crippen LogP contribution in [0.1, 0.15) is 31.5 Å². The quantitative estimate of drug-likeness (QED) is 0.872. The van der Waals surface area contributed by atoms with Gasteiger partial charge in [0.15, 0.2) is 5.82 Å². The number of carbonyl (C=O) groups is 1. The van der Waals surface area contributed by atoms with E-state index in [1.165, 1.54) is 11.5 Å². The second-order valence-corrected chi connectivity index (χ2v) is 7.42. The molecule has 0 atom stereocenters. The molecule has 1 amide bonds. The van der Waals surface area contributed by atoms with Crippen molar-refractivity contribution < 1.29 is 4.79 Å². The van der Waals surface area contributed by atoms with Crippen LogP contribution < -0.4 is 0 Å². The topological polar surface area (TPSA) is 74.8 Å². The first-order valence-corrected chi connectivity index (χ1v) is 8.52. The van der Waals surface area contributed by atoms with E-state index in [2.05, 4.69) is 25.5 Å². The standard InChI is InChI=1S/C13H19N5OS/c19-12(9-5-13(6-9)7-20-8-13)18(10-1-2-10)4-3-11-14-16-17-15-11/h9-10H,1-8H2,(H,14,15,16,17). The summed E-state index contributed by atoms with van der Waals surface area (Å²) in [5.41, 5.74) is 0.536. The highest BCUT2D eigenvalue weighted by Crippen LogP contribution is 2.56. The number of rotatable bonds is 5. The summed E-state index contributed by atoms with van der Waals surface area (Å²) in [5, 5.41) is 14.0. The van der Waals surface area contributed by atoms with Crippen LogP contribution in [0.15, 0.2) is 0 Å². The Kier molecular flexibility index (Phi) is 2.98. The summed E-state index contributed by atoms with van der Waals surface area (Å²) in [6, 6.07) is 0.474. The van der Waals surface area contributed by atoms with Gasteiger partial charge in [0, 0.05) is 24.9 Å². The number of hydrogen-bond donors (Lipinski definition) is 1. The Balaban J connectivity index is 1.34. The van der Waals surface area contributed by atoms with Gasteiger partial charge in [-0.2, -0.15) is 17.0 Å². The first-order chi connectivity index (χ1) is 9.76. The van der Waals surface area contributed by atoms with Gasteiger partial charge >= 0.3 is 0 Å². The maximum atomic E-state index is 12.6. The van der Waals surface area contributed by atoms with Gasteiger partial charge in [-0.25, -0.2) is 0 Å². The monoisotopic (exact) mass is 293 g/mol. The number of aromatic amines is 1. The number of carbonyl (C=O) groups excluding carboxylic acids is 1. The minimum atomic E-state index is 0.279. The predicted octanol–water partition coefficient (Wildman–Crippen LogP) is 0.876. The third-order valence-corrected chi connectivity index (χ3v) is 6.39. The van der Waals surface area contributed by atoms with Gasteiger partial charge in [-0.15, -0.1) is 10.2 Å². The fourth-order valence-electron chi connectivity index (χ4n) is 3.39. The molecule has 7 heteroatoms. The second-order valence-electron chi connectivity index (χ2n) is 6.44. The van der Waals surface area contributed by atoms with Gasteiger partial charge in [0.25, 0.3) is 0 Å². The lowest BCUT2D eigenvalue weighted by molar-refractivity contribution is -0.143. The van der Waals surface area contributed by atoms with Crippen molar-refractivity contribution >= 4 is 17.7 Å². The minimum absolute atomic E-state index is 0.279. The number of H-pyrrole nitrogens is 1. The van der Waals surface area contributed by atoms with Crippen molar-refractivity contribution in [2.75, 3.05) is 18.1 Å². The van der Waals surface area contributed by atoms with Crippen molar-refractivity contribution in [3.05, 3.63) is 5.82 Å². The zero-order chi connectivity index (χ0) is 13.6. The van der Waals surface area contributed by atoms with Crippen LogP contribution in [0.25, 0.3) is 0 Å². The molecule has 2 aliphatic carbocycles. The first-order valence-electron chi connectivity index (χ1n) is 7.36. The van der Waals surface area contributed by atoms with Crippen molar-refractivity contribution in [2.24, 2.45) is 11.3 Å². The Hall–Kier alpha value is -1.11. The van der Waals surface area contributed by atoms with Gasteiger partial charge in [-0.1, -0.05) is 5.21 Å². The van der Waals surface area contributed by atoms with Gasteiger partial charge < -0.3 is 4.90 Å². The largest absolute Gasteiger partial charge is 0.339 e. The summed E-state index contributed by atoms with van der Waals surface area (Å²) < 4.78 is 0. The average Bonchev–Trinajstić information content (AvgIpc) is 3.02. The molecule has 6 nitrogen and oxygen atoms in total. The van der Waals surface area contributed by atoms with E-state index < -0.39 is 0 Å². The third kappa shape index (κ3) is 2.21. The third-order valence-electron chi connectivity index (χ3n) is 4.76. The summed E-state index contributed by atoms with van der Waals surface area (Å²) in [6.45, 7) is 0.737. The van der Waals surface area contributed by atoms with Crippen LogP contribution in [0, 0.1) is 11.3 Å². The fraction of sp³-hybridized carbons (Fsp3) is 0.846. The number of thioether (sulfide) groups is 1. The molecule has 1 aliphatic heterocycles. The lowest BCUT2D eigenvalue weighted by Gasteiger charge is -2.53. The van der Waals surface area contributed by atoms with E-state index in [0.717, 1.165) is 32.2 Å². The lowest BCUT2D eigenvalue weighted by Crippen LogP contribution is -2.53. The molecule has 2 heterocycles. The van der Waals surface area contributed by atoms with Gasteiger partial charge in [-0.3, -0.25) is 4.79 Å². The van der Waals surface area contributed by atoms with E-state index >= 15 is 0 Å². The lowest BCUT2D eigenvalue weighted by atomic mass is 9.63. The number of nitrogens with zero attached hydrogens (tertiary/aromatic N) is 4. The molecule has 1 aromatic rings. The highest BCUT2D eigenvalue weighted by molar-refractivity contribution is 8.00. The number of nitrogens with one attached hydrogen (secondary N) is 1. The Morgan fingerprint density at radius 3 is 2.75 bits per heavy atom. The fourth-order valence-corrected chi connectivity index (χ4v) is 4.64. The Bertz CT molecular complexity index is 489. The zero-order valence-corrected chi connectivity index (χ0v) is 12.2. The number of aromatic nitrogens is 4. The summed E-state index contributed by atoms with van der Waals surface area (Å²) in [5.74, 6) is 3.88. The molecule has 20 heavy (non-hydrogen) atoms. The average molecular weight is 293 g/mol. The maximum absolute atomic E-state index is 12.6. The van der Waals surface area contributed by atoms with E-state index in [-0.39, 0.29) is 5.92 Å². The molecule has 108 valence electrons. The van der Waals surface area contributed by atoms with Crippen molar-refractivity contribution in [3.63, 3.8) is 0 Å². The highest BCUT2D eigenvalue weighted by atomic mass is 32.2. The van der Waals surface area contributed by atoms with Gasteiger partial charge in [0.05, 0.1) is 0 Å². The Morgan fingerprint density at radius 1 is 1.40 bits per heavy atom. The molecular weight excluding hydrogens is 274 g/mol. The van der Waals surface area contributed by atoms with Gasteiger partial charge in [0.2, 0.25) is 5.91 Å². The predicted molar refractivity (Wildman–Crippen MR) is 75.1 cm³/mol. The van der Waals surface area contributed by atoms with Crippen molar-refractivity contribution in [1.29, 1.82) is 0 Å². The van der Waals surface area contributed by atoms with Crippen LogP contribution in [0.3, 0.4) is 0 Å². The van der Waals surface area contributed by atoms with Gasteiger partial charge in [-0.05, 0) is 42.6 Å².